The maximum Gasteiger partial charge on any atom is 0.0390 e. The SMILES string of the molecule is CC1(C)c2ccccc2-c2cc(Br)ccc21.CC1(C)c2ccccc2-c2cc(Nc3ccc(-c4ccccc4)cc3)ccc21.Nc1ccc(-c2ccccc2)cc1. The molecule has 0 radical (unpaired) electrons. The van der Waals surface area contributed by atoms with E-state index in [1.807, 2.05) is 48.5 Å². The van der Waals surface area contributed by atoms with E-state index in [9.17, 15) is 0 Å². The molecule has 0 spiro atoms. The van der Waals surface area contributed by atoms with E-state index in [0.29, 0.717) is 0 Å². The number of nitrogens with one attached hydrogen (secondary N) is 1. The summed E-state index contributed by atoms with van der Waals surface area (Å²) in [5, 5.41) is 3.57. The fourth-order valence-corrected chi connectivity index (χ4v) is 8.70. The van der Waals surface area contributed by atoms with Gasteiger partial charge in [-0.05, 0) is 115 Å². The molecule has 0 heterocycles. The van der Waals surface area contributed by atoms with E-state index in [-0.39, 0.29) is 10.8 Å². The van der Waals surface area contributed by atoms with Gasteiger partial charge in [0.1, 0.15) is 0 Å². The van der Waals surface area contributed by atoms with Crippen molar-refractivity contribution in [3.05, 3.63) is 221 Å². The Balaban J connectivity index is 0.000000132. The lowest BCUT2D eigenvalue weighted by molar-refractivity contribution is 0.660. The summed E-state index contributed by atoms with van der Waals surface area (Å²) in [7, 11) is 0. The molecule has 3 N–H and O–H groups in total. The summed E-state index contributed by atoms with van der Waals surface area (Å²) in [5.74, 6) is 0. The number of nitrogens with two attached hydrogens (primary N) is 1. The van der Waals surface area contributed by atoms with Gasteiger partial charge in [-0.25, -0.2) is 0 Å². The Morgan fingerprint density at radius 1 is 0.368 bits per heavy atom. The van der Waals surface area contributed by atoms with Crippen LogP contribution in [0.15, 0.2) is 199 Å². The van der Waals surface area contributed by atoms with Crippen molar-refractivity contribution >= 4 is 33.0 Å². The van der Waals surface area contributed by atoms with E-state index in [0.717, 1.165) is 21.5 Å². The lowest BCUT2D eigenvalue weighted by Gasteiger charge is -2.21. The predicted molar refractivity (Wildman–Crippen MR) is 247 cm³/mol. The molecule has 0 aliphatic heterocycles. The number of rotatable bonds is 4. The standard InChI is InChI=1S/C27H23N.C15H13Br.C12H11N/c1-27(2)25-11-7-6-10-23(25)24-18-22(16-17-26(24)27)28-21-14-12-20(13-15-21)19-8-4-3-5-9-19;1-15(2)13-6-4-3-5-11(13)12-9-10(16)7-8-14(12)15;13-12-8-6-11(7-9-12)10-4-2-1-3-5-10/h3-18,28H,1-2H3;3-9H,1-2H3;1-9H,13H2. The number of halogens is 1. The Morgan fingerprint density at radius 3 is 1.28 bits per heavy atom. The van der Waals surface area contributed by atoms with Crippen molar-refractivity contribution < 1.29 is 0 Å². The van der Waals surface area contributed by atoms with E-state index in [4.69, 9.17) is 5.73 Å². The fourth-order valence-electron chi connectivity index (χ4n) is 8.34. The molecule has 0 fully saturated rings. The van der Waals surface area contributed by atoms with Crippen molar-refractivity contribution in [3.63, 3.8) is 0 Å². The van der Waals surface area contributed by atoms with Crippen LogP contribution in [0.1, 0.15) is 49.9 Å². The molecule has 10 rings (SSSR count). The minimum absolute atomic E-state index is 0.0573. The number of nitrogen functional groups attached to an aromatic ring is 1. The molecule has 0 atom stereocenters. The molecule has 280 valence electrons. The van der Waals surface area contributed by atoms with Gasteiger partial charge in [-0.3, -0.25) is 0 Å². The summed E-state index contributed by atoms with van der Waals surface area (Å²) < 4.78 is 1.15. The highest BCUT2D eigenvalue weighted by atomic mass is 79.9. The number of anilines is 3. The third kappa shape index (κ3) is 7.68. The first-order valence-corrected chi connectivity index (χ1v) is 20.4. The summed E-state index contributed by atoms with van der Waals surface area (Å²) in [6.07, 6.45) is 0. The maximum absolute atomic E-state index is 5.60. The number of hydrogen-bond donors (Lipinski definition) is 2. The van der Waals surface area contributed by atoms with E-state index in [1.54, 1.807) is 0 Å². The predicted octanol–water partition coefficient (Wildman–Crippen LogP) is 15.1. The van der Waals surface area contributed by atoms with Crippen molar-refractivity contribution in [1.29, 1.82) is 0 Å². The van der Waals surface area contributed by atoms with Gasteiger partial charge in [0.05, 0.1) is 0 Å². The molecule has 0 aromatic heterocycles. The zero-order valence-electron chi connectivity index (χ0n) is 32.9. The van der Waals surface area contributed by atoms with Gasteiger partial charge in [0.15, 0.2) is 0 Å². The van der Waals surface area contributed by atoms with Gasteiger partial charge in [-0.1, -0.05) is 189 Å². The Labute approximate surface area is 346 Å². The molecule has 8 aromatic rings. The zero-order valence-corrected chi connectivity index (χ0v) is 34.5. The van der Waals surface area contributed by atoms with Gasteiger partial charge < -0.3 is 11.1 Å². The molecule has 8 aromatic carbocycles. The van der Waals surface area contributed by atoms with Crippen molar-refractivity contribution in [2.24, 2.45) is 0 Å². The summed E-state index contributed by atoms with van der Waals surface area (Å²) >= 11 is 3.55. The summed E-state index contributed by atoms with van der Waals surface area (Å²) in [6.45, 7) is 9.22. The largest absolute Gasteiger partial charge is 0.399 e. The molecule has 2 nitrogen and oxygen atoms in total. The molecular weight excluding hydrogens is 757 g/mol. The van der Waals surface area contributed by atoms with Crippen LogP contribution in [0.4, 0.5) is 17.1 Å². The first-order valence-electron chi connectivity index (χ1n) is 19.6. The highest BCUT2D eigenvalue weighted by molar-refractivity contribution is 9.10. The van der Waals surface area contributed by atoms with E-state index >= 15 is 0 Å². The lowest BCUT2D eigenvalue weighted by Crippen LogP contribution is -2.14. The third-order valence-corrected chi connectivity index (χ3v) is 11.9. The van der Waals surface area contributed by atoms with Crippen LogP contribution < -0.4 is 11.1 Å². The molecule has 0 saturated carbocycles. The summed E-state index contributed by atoms with van der Waals surface area (Å²) in [5.41, 5.74) is 24.8. The number of fused-ring (bicyclic) bond motifs is 6. The normalized spacial score (nSPS) is 13.4. The van der Waals surface area contributed by atoms with Crippen molar-refractivity contribution in [3.8, 4) is 44.5 Å². The first kappa shape index (κ1) is 37.7. The van der Waals surface area contributed by atoms with Gasteiger partial charge in [-0.15, -0.1) is 0 Å². The van der Waals surface area contributed by atoms with Crippen LogP contribution in [0.25, 0.3) is 44.5 Å². The van der Waals surface area contributed by atoms with Crippen LogP contribution in [0.3, 0.4) is 0 Å². The molecular formula is C54H47BrN2. The van der Waals surface area contributed by atoms with Crippen molar-refractivity contribution in [1.82, 2.24) is 0 Å². The number of hydrogen-bond acceptors (Lipinski definition) is 2. The molecule has 0 saturated heterocycles. The van der Waals surface area contributed by atoms with Crippen molar-refractivity contribution in [2.75, 3.05) is 11.1 Å². The van der Waals surface area contributed by atoms with Gasteiger partial charge in [-0.2, -0.15) is 0 Å². The molecule has 2 aliphatic carbocycles. The Kier molecular flexibility index (Phi) is 10.4. The topological polar surface area (TPSA) is 38.0 Å². The van der Waals surface area contributed by atoms with Crippen LogP contribution in [0, 0.1) is 0 Å². The van der Waals surface area contributed by atoms with Crippen LogP contribution in [-0.2, 0) is 10.8 Å². The third-order valence-electron chi connectivity index (χ3n) is 11.4. The maximum atomic E-state index is 5.60. The second-order valence-corrected chi connectivity index (χ2v) is 16.8. The van der Waals surface area contributed by atoms with Gasteiger partial charge in [0.2, 0.25) is 0 Å². The van der Waals surface area contributed by atoms with Crippen LogP contribution in [0.2, 0.25) is 0 Å². The Hall–Kier alpha value is -6.16. The van der Waals surface area contributed by atoms with Gasteiger partial charge in [0.25, 0.3) is 0 Å². The molecule has 0 amide bonds. The van der Waals surface area contributed by atoms with Gasteiger partial charge in [0, 0.05) is 32.4 Å². The van der Waals surface area contributed by atoms with Crippen LogP contribution in [0.5, 0.6) is 0 Å². The minimum Gasteiger partial charge on any atom is -0.399 e. The smallest absolute Gasteiger partial charge is 0.0390 e. The van der Waals surface area contributed by atoms with Crippen molar-refractivity contribution in [2.45, 2.75) is 38.5 Å². The van der Waals surface area contributed by atoms with Crippen LogP contribution >= 0.6 is 15.9 Å². The molecule has 57 heavy (non-hydrogen) atoms. The average molecular weight is 804 g/mol. The second-order valence-electron chi connectivity index (χ2n) is 15.8. The minimum atomic E-state index is 0.0573. The van der Waals surface area contributed by atoms with Gasteiger partial charge >= 0.3 is 0 Å². The fraction of sp³-hybridized carbons (Fsp3) is 0.111. The second kappa shape index (κ2) is 15.8. The first-order chi connectivity index (χ1) is 27.6. The molecule has 3 heteroatoms. The zero-order chi connectivity index (χ0) is 39.6. The number of benzene rings is 8. The monoisotopic (exact) mass is 802 g/mol. The van der Waals surface area contributed by atoms with Crippen LogP contribution in [-0.4, -0.2) is 0 Å². The summed E-state index contributed by atoms with van der Waals surface area (Å²) in [4.78, 5) is 0. The highest BCUT2D eigenvalue weighted by Gasteiger charge is 2.36. The Morgan fingerprint density at radius 2 is 0.754 bits per heavy atom. The van der Waals surface area contributed by atoms with E-state index < -0.39 is 0 Å². The molecule has 2 aliphatic rings. The molecule has 0 bridgehead atoms. The van der Waals surface area contributed by atoms with E-state index in [2.05, 4.69) is 195 Å². The molecule has 0 unspecified atom stereocenters. The van der Waals surface area contributed by atoms with E-state index in [1.165, 1.54) is 66.8 Å². The average Bonchev–Trinajstić information content (AvgIpc) is 3.61. The lowest BCUT2D eigenvalue weighted by atomic mass is 9.82. The Bertz CT molecular complexity index is 2640. The summed E-state index contributed by atoms with van der Waals surface area (Å²) in [6, 6.07) is 68.1. The quantitative estimate of drug-likeness (QED) is 0.174. The highest BCUT2D eigenvalue weighted by Crippen LogP contribution is 2.50.